The van der Waals surface area contributed by atoms with Crippen molar-refractivity contribution in [3.63, 3.8) is 0 Å². The normalized spacial score (nSPS) is 15.9. The molecule has 202 valence electrons. The van der Waals surface area contributed by atoms with Gasteiger partial charge in [0.2, 0.25) is 11.8 Å². The largest absolute Gasteiger partial charge is 0.444 e. The first kappa shape index (κ1) is 30.0. The quantitative estimate of drug-likeness (QED) is 0.463. The second kappa shape index (κ2) is 12.3. The zero-order chi connectivity index (χ0) is 27.3. The van der Waals surface area contributed by atoms with E-state index in [4.69, 9.17) is 4.74 Å². The Morgan fingerprint density at radius 2 is 1.75 bits per heavy atom. The number of hydrogen-bond donors (Lipinski definition) is 2. The molecule has 0 saturated heterocycles. The molecular weight excluding hydrogens is 474 g/mol. The number of ether oxygens (including phenoxy) is 1. The van der Waals surface area contributed by atoms with Crippen LogP contribution < -0.4 is 10.6 Å². The van der Waals surface area contributed by atoms with E-state index in [1.54, 1.807) is 37.4 Å². The molecule has 2 rings (SSSR count). The monoisotopic (exact) mass is 519 g/mol. The molecule has 2 unspecified atom stereocenters. The smallest absolute Gasteiger partial charge is 0.408 e. The van der Waals surface area contributed by atoms with Gasteiger partial charge in [-0.15, -0.1) is 0 Å². The van der Waals surface area contributed by atoms with Crippen molar-refractivity contribution in [3.05, 3.63) is 34.9 Å². The van der Waals surface area contributed by atoms with Gasteiger partial charge in [-0.1, -0.05) is 23.8 Å². The van der Waals surface area contributed by atoms with Gasteiger partial charge in [0.25, 0.3) is 0 Å². The van der Waals surface area contributed by atoms with Gasteiger partial charge in [0.15, 0.2) is 0 Å². The molecule has 0 radical (unpaired) electrons. The molecule has 0 aromatic heterocycles. The predicted octanol–water partition coefficient (Wildman–Crippen LogP) is 5.29. The molecular formula is C28H45N3O4S. The highest BCUT2D eigenvalue weighted by Crippen LogP contribution is 2.35. The average molecular weight is 520 g/mol. The van der Waals surface area contributed by atoms with E-state index < -0.39 is 29.3 Å². The minimum absolute atomic E-state index is 0.0645. The molecule has 3 amide bonds. The summed E-state index contributed by atoms with van der Waals surface area (Å²) in [6, 6.07) is 4.36. The number of amides is 3. The summed E-state index contributed by atoms with van der Waals surface area (Å²) in [7, 11) is 0. The molecule has 0 aliphatic heterocycles. The molecule has 0 spiro atoms. The van der Waals surface area contributed by atoms with Crippen LogP contribution in [0.15, 0.2) is 18.2 Å². The van der Waals surface area contributed by atoms with Crippen LogP contribution in [0.5, 0.6) is 0 Å². The Morgan fingerprint density at radius 1 is 1.11 bits per heavy atom. The highest BCUT2D eigenvalue weighted by Gasteiger charge is 2.43. The molecule has 2 atom stereocenters. The zero-order valence-corrected chi connectivity index (χ0v) is 24.3. The number of alkyl carbamates (subject to hydrolysis) is 1. The van der Waals surface area contributed by atoms with Crippen molar-refractivity contribution >= 4 is 29.7 Å². The Bertz CT molecular complexity index is 932. The van der Waals surface area contributed by atoms with E-state index in [-0.39, 0.29) is 17.9 Å². The standard InChI is InChI=1S/C28H45N3O4S/c1-18-13-14-19(2)21(17-18)23(24(32)30-27(3,4)5)31(20-11-10-12-20)25(33)22(15-16-36-9)29-26(34)35-28(6,7)8/h13-14,17,20,22-23H,10-12,15-16H2,1-9H3,(H,29,34)(H,30,32). The molecule has 1 aliphatic carbocycles. The van der Waals surface area contributed by atoms with Gasteiger partial charge in [-0.2, -0.15) is 11.8 Å². The third-order valence-electron chi connectivity index (χ3n) is 6.08. The van der Waals surface area contributed by atoms with Gasteiger partial charge in [-0.05, 0) is 104 Å². The van der Waals surface area contributed by atoms with Gasteiger partial charge in [-0.25, -0.2) is 4.79 Å². The van der Waals surface area contributed by atoms with Crippen molar-refractivity contribution in [2.75, 3.05) is 12.0 Å². The van der Waals surface area contributed by atoms with Crippen molar-refractivity contribution in [3.8, 4) is 0 Å². The van der Waals surface area contributed by atoms with E-state index in [0.717, 1.165) is 36.0 Å². The number of aryl methyl sites for hydroxylation is 2. The van der Waals surface area contributed by atoms with E-state index >= 15 is 0 Å². The number of thioether (sulfide) groups is 1. The highest BCUT2D eigenvalue weighted by atomic mass is 32.2. The molecule has 7 nitrogen and oxygen atoms in total. The molecule has 36 heavy (non-hydrogen) atoms. The van der Waals surface area contributed by atoms with E-state index in [9.17, 15) is 14.4 Å². The van der Waals surface area contributed by atoms with Gasteiger partial charge in [0.05, 0.1) is 0 Å². The fourth-order valence-electron chi connectivity index (χ4n) is 4.22. The lowest BCUT2D eigenvalue weighted by atomic mass is 9.86. The summed E-state index contributed by atoms with van der Waals surface area (Å²) < 4.78 is 5.47. The molecule has 1 aromatic rings. The average Bonchev–Trinajstić information content (AvgIpc) is 2.68. The topological polar surface area (TPSA) is 87.7 Å². The predicted molar refractivity (Wildman–Crippen MR) is 147 cm³/mol. The van der Waals surface area contributed by atoms with Gasteiger partial charge in [0.1, 0.15) is 17.7 Å². The van der Waals surface area contributed by atoms with Crippen LogP contribution in [0.2, 0.25) is 0 Å². The lowest BCUT2D eigenvalue weighted by Crippen LogP contribution is -2.58. The molecule has 1 fully saturated rings. The van der Waals surface area contributed by atoms with Crippen molar-refractivity contribution < 1.29 is 19.1 Å². The summed E-state index contributed by atoms with van der Waals surface area (Å²) in [5.74, 6) is 0.236. The maximum absolute atomic E-state index is 14.2. The summed E-state index contributed by atoms with van der Waals surface area (Å²) in [6.07, 6.45) is 4.45. The van der Waals surface area contributed by atoms with Crippen LogP contribution in [0.25, 0.3) is 0 Å². The first-order valence-corrected chi connectivity index (χ1v) is 14.2. The Balaban J connectivity index is 2.54. The van der Waals surface area contributed by atoms with Crippen LogP contribution in [-0.4, -0.2) is 58.0 Å². The molecule has 1 aliphatic rings. The molecule has 2 N–H and O–H groups in total. The van der Waals surface area contributed by atoms with Crippen LogP contribution >= 0.6 is 11.8 Å². The molecule has 8 heteroatoms. The Kier molecular flexibility index (Phi) is 10.3. The van der Waals surface area contributed by atoms with Gasteiger partial charge in [-0.3, -0.25) is 9.59 Å². The van der Waals surface area contributed by atoms with Crippen LogP contribution in [0, 0.1) is 13.8 Å². The third-order valence-corrected chi connectivity index (χ3v) is 6.72. The van der Waals surface area contributed by atoms with Gasteiger partial charge >= 0.3 is 6.09 Å². The summed E-state index contributed by atoms with van der Waals surface area (Å²) in [5, 5.41) is 5.92. The van der Waals surface area contributed by atoms with Crippen molar-refractivity contribution in [2.24, 2.45) is 0 Å². The number of nitrogens with one attached hydrogen (secondary N) is 2. The Hall–Kier alpha value is -2.22. The lowest BCUT2D eigenvalue weighted by Gasteiger charge is -2.44. The van der Waals surface area contributed by atoms with E-state index in [1.807, 2.05) is 59.1 Å². The number of carbonyl (C=O) groups is 3. The first-order valence-electron chi connectivity index (χ1n) is 12.8. The molecule has 1 aromatic carbocycles. The SMILES string of the molecule is CSCCC(NC(=O)OC(C)(C)C)C(=O)N(C1CCC1)C(C(=O)NC(C)(C)C)c1cc(C)ccc1C. The van der Waals surface area contributed by atoms with Gasteiger partial charge < -0.3 is 20.3 Å². The summed E-state index contributed by atoms with van der Waals surface area (Å²) in [5.41, 5.74) is 1.65. The van der Waals surface area contributed by atoms with E-state index in [1.165, 1.54) is 0 Å². The number of nitrogens with zero attached hydrogens (tertiary/aromatic N) is 1. The summed E-state index contributed by atoms with van der Waals surface area (Å²) >= 11 is 1.61. The third kappa shape index (κ3) is 8.71. The van der Waals surface area contributed by atoms with Crippen LogP contribution in [0.1, 0.15) is 90.0 Å². The van der Waals surface area contributed by atoms with Crippen molar-refractivity contribution in [1.82, 2.24) is 15.5 Å². The Labute approximate surface area is 221 Å². The van der Waals surface area contributed by atoms with Crippen LogP contribution in [-0.2, 0) is 14.3 Å². The second-order valence-corrected chi connectivity index (χ2v) is 12.8. The number of hydrogen-bond acceptors (Lipinski definition) is 5. The molecule has 1 saturated carbocycles. The van der Waals surface area contributed by atoms with E-state index in [0.29, 0.717) is 12.2 Å². The van der Waals surface area contributed by atoms with Crippen LogP contribution in [0.3, 0.4) is 0 Å². The van der Waals surface area contributed by atoms with Crippen LogP contribution in [0.4, 0.5) is 4.79 Å². The van der Waals surface area contributed by atoms with E-state index in [2.05, 4.69) is 10.6 Å². The molecule has 0 bridgehead atoms. The van der Waals surface area contributed by atoms with Gasteiger partial charge in [0, 0.05) is 11.6 Å². The minimum atomic E-state index is -0.792. The Morgan fingerprint density at radius 3 is 2.25 bits per heavy atom. The minimum Gasteiger partial charge on any atom is -0.444 e. The zero-order valence-electron chi connectivity index (χ0n) is 23.5. The van der Waals surface area contributed by atoms with Crippen molar-refractivity contribution in [2.45, 2.75) is 110 Å². The fourth-order valence-corrected chi connectivity index (χ4v) is 4.69. The summed E-state index contributed by atoms with van der Waals surface area (Å²) in [6.45, 7) is 15.1. The molecule has 0 heterocycles. The lowest BCUT2D eigenvalue weighted by molar-refractivity contribution is -0.148. The number of carbonyl (C=O) groups excluding carboxylic acids is 3. The highest BCUT2D eigenvalue weighted by molar-refractivity contribution is 7.98. The summed E-state index contributed by atoms with van der Waals surface area (Å²) in [4.78, 5) is 42.5. The second-order valence-electron chi connectivity index (χ2n) is 11.8. The number of benzene rings is 1. The maximum Gasteiger partial charge on any atom is 0.408 e. The first-order chi connectivity index (χ1) is 16.6. The van der Waals surface area contributed by atoms with Crippen molar-refractivity contribution in [1.29, 1.82) is 0 Å². The maximum atomic E-state index is 14.2. The number of rotatable bonds is 9. The fraction of sp³-hybridized carbons (Fsp3) is 0.679.